The minimum absolute atomic E-state index is 0.0413. The van der Waals surface area contributed by atoms with Crippen molar-refractivity contribution in [1.82, 2.24) is 0 Å². The van der Waals surface area contributed by atoms with Crippen molar-refractivity contribution in [3.8, 4) is 0 Å². The highest BCUT2D eigenvalue weighted by atomic mass is 16.7. The van der Waals surface area contributed by atoms with Crippen LogP contribution in [-0.2, 0) is 19.0 Å². The molecule has 0 saturated carbocycles. The van der Waals surface area contributed by atoms with Gasteiger partial charge in [0.25, 0.3) is 0 Å². The lowest BCUT2D eigenvalue weighted by molar-refractivity contribution is -0.165. The first-order chi connectivity index (χ1) is 5.26. The second kappa shape index (κ2) is 6.09. The smallest absolute Gasteiger partial charge is 0.337 e. The van der Waals surface area contributed by atoms with Crippen molar-refractivity contribution < 1.29 is 24.1 Å². The van der Waals surface area contributed by atoms with Crippen molar-refractivity contribution in [3.63, 3.8) is 0 Å². The number of methoxy groups -OCH3 is 2. The standard InChI is InChI=1S/C6H12O5/c1-9-4-11-5(3-7)6(8)10-2/h5,7H,3-4H2,1-2H3/t5-/m0/s1. The predicted molar refractivity (Wildman–Crippen MR) is 35.9 cm³/mol. The van der Waals surface area contributed by atoms with Gasteiger partial charge in [-0.3, -0.25) is 0 Å². The summed E-state index contributed by atoms with van der Waals surface area (Å²) >= 11 is 0. The predicted octanol–water partition coefficient (Wildman–Crippen LogP) is -0.859. The molecule has 0 heterocycles. The number of aliphatic hydroxyl groups excluding tert-OH is 1. The molecule has 5 heteroatoms. The SMILES string of the molecule is COCO[C@@H](CO)C(=O)OC. The van der Waals surface area contributed by atoms with E-state index in [2.05, 4.69) is 9.47 Å². The Morgan fingerprint density at radius 1 is 1.55 bits per heavy atom. The molecule has 0 aliphatic carbocycles. The van der Waals surface area contributed by atoms with E-state index in [9.17, 15) is 4.79 Å². The number of hydrogen-bond acceptors (Lipinski definition) is 5. The monoisotopic (exact) mass is 164 g/mol. The van der Waals surface area contributed by atoms with E-state index in [0.29, 0.717) is 0 Å². The summed E-state index contributed by atoms with van der Waals surface area (Å²) in [5.41, 5.74) is 0. The fourth-order valence-corrected chi connectivity index (χ4v) is 0.477. The van der Waals surface area contributed by atoms with Crippen molar-refractivity contribution >= 4 is 5.97 Å². The third kappa shape index (κ3) is 3.92. The molecule has 0 fully saturated rings. The van der Waals surface area contributed by atoms with E-state index in [-0.39, 0.29) is 6.79 Å². The zero-order chi connectivity index (χ0) is 8.69. The van der Waals surface area contributed by atoms with Crippen molar-refractivity contribution in [1.29, 1.82) is 0 Å². The highest BCUT2D eigenvalue weighted by Gasteiger charge is 2.17. The zero-order valence-corrected chi connectivity index (χ0v) is 6.57. The van der Waals surface area contributed by atoms with Gasteiger partial charge < -0.3 is 19.3 Å². The Morgan fingerprint density at radius 2 is 2.18 bits per heavy atom. The molecule has 0 aliphatic rings. The fourth-order valence-electron chi connectivity index (χ4n) is 0.477. The first-order valence-electron chi connectivity index (χ1n) is 3.05. The Bertz CT molecular complexity index is 114. The topological polar surface area (TPSA) is 65.0 Å². The summed E-state index contributed by atoms with van der Waals surface area (Å²) in [7, 11) is 2.65. The van der Waals surface area contributed by atoms with E-state index in [1.807, 2.05) is 0 Å². The molecule has 66 valence electrons. The van der Waals surface area contributed by atoms with E-state index < -0.39 is 18.7 Å². The second-order valence-corrected chi connectivity index (χ2v) is 1.77. The fraction of sp³-hybridized carbons (Fsp3) is 0.833. The normalized spacial score (nSPS) is 12.6. The number of carbonyl (C=O) groups is 1. The second-order valence-electron chi connectivity index (χ2n) is 1.77. The minimum atomic E-state index is -0.944. The lowest BCUT2D eigenvalue weighted by Gasteiger charge is -2.11. The Kier molecular flexibility index (Phi) is 5.73. The van der Waals surface area contributed by atoms with Gasteiger partial charge in [0.15, 0.2) is 6.10 Å². The van der Waals surface area contributed by atoms with Crippen LogP contribution in [0.1, 0.15) is 0 Å². The molecule has 5 nitrogen and oxygen atoms in total. The van der Waals surface area contributed by atoms with E-state index in [4.69, 9.17) is 9.84 Å². The number of hydrogen-bond donors (Lipinski definition) is 1. The van der Waals surface area contributed by atoms with Crippen LogP contribution in [0.3, 0.4) is 0 Å². The van der Waals surface area contributed by atoms with E-state index in [1.54, 1.807) is 0 Å². The summed E-state index contributed by atoms with van der Waals surface area (Å²) in [4.78, 5) is 10.7. The van der Waals surface area contributed by atoms with Gasteiger partial charge in [-0.15, -0.1) is 0 Å². The first kappa shape index (κ1) is 10.3. The van der Waals surface area contributed by atoms with Gasteiger partial charge in [-0.1, -0.05) is 0 Å². The van der Waals surface area contributed by atoms with Gasteiger partial charge in [0.1, 0.15) is 6.79 Å². The number of carbonyl (C=O) groups excluding carboxylic acids is 1. The molecule has 0 spiro atoms. The van der Waals surface area contributed by atoms with E-state index >= 15 is 0 Å². The van der Waals surface area contributed by atoms with Crippen molar-refractivity contribution in [2.24, 2.45) is 0 Å². The summed E-state index contributed by atoms with van der Waals surface area (Å²) in [5, 5.41) is 8.57. The molecular weight excluding hydrogens is 152 g/mol. The Balaban J connectivity index is 3.65. The molecule has 0 aromatic rings. The lowest BCUT2D eigenvalue weighted by atomic mass is 10.4. The van der Waals surface area contributed by atoms with Gasteiger partial charge in [0.2, 0.25) is 0 Å². The number of ether oxygens (including phenoxy) is 3. The Labute approximate surface area is 64.9 Å². The van der Waals surface area contributed by atoms with Crippen LogP contribution in [0, 0.1) is 0 Å². The largest absolute Gasteiger partial charge is 0.467 e. The Hall–Kier alpha value is -0.650. The van der Waals surface area contributed by atoms with Crippen LogP contribution in [0.5, 0.6) is 0 Å². The lowest BCUT2D eigenvalue weighted by Crippen LogP contribution is -2.29. The van der Waals surface area contributed by atoms with Crippen molar-refractivity contribution in [3.05, 3.63) is 0 Å². The summed E-state index contributed by atoms with van der Waals surface area (Å²) < 4.78 is 13.6. The van der Waals surface area contributed by atoms with Gasteiger partial charge in [0.05, 0.1) is 13.7 Å². The van der Waals surface area contributed by atoms with E-state index in [0.717, 1.165) is 0 Å². The molecule has 1 atom stereocenters. The molecule has 11 heavy (non-hydrogen) atoms. The molecular formula is C6H12O5. The number of esters is 1. The van der Waals surface area contributed by atoms with Gasteiger partial charge in [0, 0.05) is 7.11 Å². The van der Waals surface area contributed by atoms with Crippen LogP contribution in [0.4, 0.5) is 0 Å². The molecule has 0 radical (unpaired) electrons. The molecule has 0 amide bonds. The van der Waals surface area contributed by atoms with Gasteiger partial charge >= 0.3 is 5.97 Å². The summed E-state index contributed by atoms with van der Waals surface area (Å²) in [6.45, 7) is -0.448. The average molecular weight is 164 g/mol. The quantitative estimate of drug-likeness (QED) is 0.423. The summed E-state index contributed by atoms with van der Waals surface area (Å²) in [6, 6.07) is 0. The third-order valence-corrected chi connectivity index (χ3v) is 1.02. The van der Waals surface area contributed by atoms with Crippen molar-refractivity contribution in [2.75, 3.05) is 27.6 Å². The highest BCUT2D eigenvalue weighted by Crippen LogP contribution is 1.93. The highest BCUT2D eigenvalue weighted by molar-refractivity contribution is 5.74. The average Bonchev–Trinajstić information content (AvgIpc) is 2.05. The van der Waals surface area contributed by atoms with Gasteiger partial charge in [-0.05, 0) is 0 Å². The molecule has 0 bridgehead atoms. The molecule has 0 saturated heterocycles. The van der Waals surface area contributed by atoms with Crippen LogP contribution in [0.15, 0.2) is 0 Å². The van der Waals surface area contributed by atoms with Crippen molar-refractivity contribution in [2.45, 2.75) is 6.10 Å². The minimum Gasteiger partial charge on any atom is -0.467 e. The number of aliphatic hydroxyl groups is 1. The Morgan fingerprint density at radius 3 is 2.55 bits per heavy atom. The molecule has 0 aromatic heterocycles. The zero-order valence-electron chi connectivity index (χ0n) is 6.57. The van der Waals surface area contributed by atoms with Crippen LogP contribution >= 0.6 is 0 Å². The molecule has 1 N–H and O–H groups in total. The molecule has 0 aliphatic heterocycles. The van der Waals surface area contributed by atoms with Gasteiger partial charge in [-0.2, -0.15) is 0 Å². The third-order valence-electron chi connectivity index (χ3n) is 1.02. The maximum absolute atomic E-state index is 10.7. The first-order valence-corrected chi connectivity index (χ1v) is 3.05. The molecule has 0 aromatic carbocycles. The maximum Gasteiger partial charge on any atom is 0.337 e. The molecule has 0 unspecified atom stereocenters. The van der Waals surface area contributed by atoms with Crippen LogP contribution < -0.4 is 0 Å². The summed E-state index contributed by atoms with van der Waals surface area (Å²) in [5.74, 6) is -0.607. The van der Waals surface area contributed by atoms with Crippen LogP contribution in [0.2, 0.25) is 0 Å². The van der Waals surface area contributed by atoms with E-state index in [1.165, 1.54) is 14.2 Å². The van der Waals surface area contributed by atoms with Gasteiger partial charge in [-0.25, -0.2) is 4.79 Å². The summed E-state index contributed by atoms with van der Waals surface area (Å²) in [6.07, 6.45) is -0.944. The molecule has 0 rings (SSSR count). The maximum atomic E-state index is 10.7. The number of rotatable bonds is 5. The van der Waals surface area contributed by atoms with Crippen LogP contribution in [-0.4, -0.2) is 44.8 Å². The van der Waals surface area contributed by atoms with Crippen LogP contribution in [0.25, 0.3) is 0 Å².